The Kier molecular flexibility index (Phi) is 3.07. The highest BCUT2D eigenvalue weighted by Crippen LogP contribution is 2.22. The zero-order chi connectivity index (χ0) is 12.5. The number of aryl methyl sites for hydroxylation is 1. The van der Waals surface area contributed by atoms with Crippen molar-refractivity contribution in [3.05, 3.63) is 42.0 Å². The number of hydrogen-bond donors (Lipinski definition) is 2. The topological polar surface area (TPSA) is 32.3 Å². The second-order valence-electron chi connectivity index (χ2n) is 5.23. The molecule has 17 heavy (non-hydrogen) atoms. The predicted molar refractivity (Wildman–Crippen MR) is 73.5 cm³/mol. The molecule has 2 N–H and O–H groups in total. The van der Waals surface area contributed by atoms with Gasteiger partial charge in [0.25, 0.3) is 0 Å². The zero-order valence-electron chi connectivity index (χ0n) is 10.6. The molecule has 0 saturated carbocycles. The summed E-state index contributed by atoms with van der Waals surface area (Å²) in [7, 11) is 0. The Morgan fingerprint density at radius 1 is 1.06 bits per heavy atom. The zero-order valence-corrected chi connectivity index (χ0v) is 10.6. The van der Waals surface area contributed by atoms with Gasteiger partial charge in [-0.25, -0.2) is 0 Å². The van der Waals surface area contributed by atoms with Crippen molar-refractivity contribution in [3.8, 4) is 0 Å². The van der Waals surface area contributed by atoms with Gasteiger partial charge >= 0.3 is 0 Å². The van der Waals surface area contributed by atoms with Gasteiger partial charge < -0.3 is 10.4 Å². The van der Waals surface area contributed by atoms with Crippen LogP contribution in [-0.4, -0.2) is 17.3 Å². The first-order chi connectivity index (χ1) is 8.00. The second kappa shape index (κ2) is 4.38. The molecule has 2 aromatic carbocycles. The van der Waals surface area contributed by atoms with Gasteiger partial charge in [-0.3, -0.25) is 0 Å². The SMILES string of the molecule is Cc1ccc2cc(NC(C)(C)CO)ccc2c1. The van der Waals surface area contributed by atoms with Crippen molar-refractivity contribution in [2.45, 2.75) is 26.3 Å². The van der Waals surface area contributed by atoms with Crippen molar-refractivity contribution >= 4 is 16.5 Å². The van der Waals surface area contributed by atoms with Crippen LogP contribution in [0.4, 0.5) is 5.69 Å². The fourth-order valence-corrected chi connectivity index (χ4v) is 1.87. The summed E-state index contributed by atoms with van der Waals surface area (Å²) in [5.74, 6) is 0. The van der Waals surface area contributed by atoms with E-state index in [9.17, 15) is 5.11 Å². The highest BCUT2D eigenvalue weighted by molar-refractivity contribution is 5.86. The molecule has 90 valence electrons. The molecule has 0 fully saturated rings. The van der Waals surface area contributed by atoms with Crippen LogP contribution in [0, 0.1) is 6.92 Å². The van der Waals surface area contributed by atoms with Crippen LogP contribution in [0.15, 0.2) is 36.4 Å². The lowest BCUT2D eigenvalue weighted by Crippen LogP contribution is -2.34. The Bertz CT molecular complexity index is 531. The van der Waals surface area contributed by atoms with E-state index in [0.29, 0.717) is 0 Å². The molecule has 0 spiro atoms. The summed E-state index contributed by atoms with van der Waals surface area (Å²) in [6.07, 6.45) is 0. The van der Waals surface area contributed by atoms with E-state index in [1.165, 1.54) is 16.3 Å². The van der Waals surface area contributed by atoms with Crippen LogP contribution >= 0.6 is 0 Å². The van der Waals surface area contributed by atoms with Gasteiger partial charge in [-0.05, 0) is 43.7 Å². The van der Waals surface area contributed by atoms with Crippen LogP contribution in [-0.2, 0) is 0 Å². The number of aliphatic hydroxyl groups excluding tert-OH is 1. The highest BCUT2D eigenvalue weighted by atomic mass is 16.3. The maximum Gasteiger partial charge on any atom is 0.0656 e. The summed E-state index contributed by atoms with van der Waals surface area (Å²) < 4.78 is 0. The van der Waals surface area contributed by atoms with Crippen molar-refractivity contribution in [2.24, 2.45) is 0 Å². The van der Waals surface area contributed by atoms with Crippen molar-refractivity contribution in [1.29, 1.82) is 0 Å². The van der Waals surface area contributed by atoms with Crippen LogP contribution in [0.25, 0.3) is 10.8 Å². The molecule has 2 aromatic rings. The first kappa shape index (κ1) is 11.9. The summed E-state index contributed by atoms with van der Waals surface area (Å²) in [6, 6.07) is 12.7. The van der Waals surface area contributed by atoms with Gasteiger partial charge in [0, 0.05) is 5.69 Å². The lowest BCUT2D eigenvalue weighted by molar-refractivity contribution is 0.234. The van der Waals surface area contributed by atoms with Gasteiger partial charge in [0.15, 0.2) is 0 Å². The summed E-state index contributed by atoms with van der Waals surface area (Å²) in [5, 5.41) is 15.0. The van der Waals surface area contributed by atoms with E-state index in [-0.39, 0.29) is 12.1 Å². The standard InChI is InChI=1S/C15H19NO/c1-11-4-5-13-9-14(7-6-12(13)8-11)16-15(2,3)10-17/h4-9,16-17H,10H2,1-3H3. The Morgan fingerprint density at radius 3 is 2.41 bits per heavy atom. The number of aliphatic hydroxyl groups is 1. The molecule has 0 aliphatic rings. The van der Waals surface area contributed by atoms with E-state index in [1.807, 2.05) is 13.8 Å². The van der Waals surface area contributed by atoms with Gasteiger partial charge in [0.2, 0.25) is 0 Å². The molecule has 0 aromatic heterocycles. The number of hydrogen-bond acceptors (Lipinski definition) is 2. The van der Waals surface area contributed by atoms with Crippen molar-refractivity contribution in [1.82, 2.24) is 0 Å². The average Bonchev–Trinajstić information content (AvgIpc) is 2.29. The molecule has 0 atom stereocenters. The number of fused-ring (bicyclic) bond motifs is 1. The molecular formula is C15H19NO. The molecule has 2 heteroatoms. The molecule has 2 rings (SSSR count). The lowest BCUT2D eigenvalue weighted by atomic mass is 10.0. The van der Waals surface area contributed by atoms with E-state index in [0.717, 1.165) is 5.69 Å². The van der Waals surface area contributed by atoms with E-state index in [1.54, 1.807) is 0 Å². The first-order valence-corrected chi connectivity index (χ1v) is 5.90. The van der Waals surface area contributed by atoms with Gasteiger partial charge in [0.1, 0.15) is 0 Å². The third-order valence-electron chi connectivity index (χ3n) is 2.87. The molecule has 0 aliphatic carbocycles. The fraction of sp³-hybridized carbons (Fsp3) is 0.333. The monoisotopic (exact) mass is 229 g/mol. The number of anilines is 1. The van der Waals surface area contributed by atoms with Crippen molar-refractivity contribution in [3.63, 3.8) is 0 Å². The maximum atomic E-state index is 9.24. The quantitative estimate of drug-likeness (QED) is 0.846. The summed E-state index contributed by atoms with van der Waals surface area (Å²) in [6.45, 7) is 6.16. The Labute approximate surface area is 102 Å². The molecule has 0 heterocycles. The average molecular weight is 229 g/mol. The maximum absolute atomic E-state index is 9.24. The van der Waals surface area contributed by atoms with Crippen molar-refractivity contribution < 1.29 is 5.11 Å². The third kappa shape index (κ3) is 2.77. The number of nitrogens with one attached hydrogen (secondary N) is 1. The van der Waals surface area contributed by atoms with E-state index in [2.05, 4.69) is 48.6 Å². The summed E-state index contributed by atoms with van der Waals surface area (Å²) in [5.41, 5.74) is 2.02. The molecule has 0 bridgehead atoms. The Balaban J connectivity index is 2.35. The van der Waals surface area contributed by atoms with Crippen LogP contribution in [0.3, 0.4) is 0 Å². The van der Waals surface area contributed by atoms with E-state index < -0.39 is 0 Å². The largest absolute Gasteiger partial charge is 0.394 e. The van der Waals surface area contributed by atoms with E-state index >= 15 is 0 Å². The van der Waals surface area contributed by atoms with Gasteiger partial charge in [-0.15, -0.1) is 0 Å². The minimum absolute atomic E-state index is 0.110. The Hall–Kier alpha value is -1.54. The minimum atomic E-state index is -0.293. The van der Waals surface area contributed by atoms with Crippen LogP contribution < -0.4 is 5.32 Å². The highest BCUT2D eigenvalue weighted by Gasteiger charge is 2.15. The predicted octanol–water partition coefficient (Wildman–Crippen LogP) is 3.33. The van der Waals surface area contributed by atoms with Gasteiger partial charge in [-0.2, -0.15) is 0 Å². The number of rotatable bonds is 3. The lowest BCUT2D eigenvalue weighted by Gasteiger charge is -2.25. The molecule has 0 saturated heterocycles. The molecule has 0 unspecified atom stereocenters. The molecule has 0 radical (unpaired) electrons. The second-order valence-corrected chi connectivity index (χ2v) is 5.23. The Morgan fingerprint density at radius 2 is 1.71 bits per heavy atom. The smallest absolute Gasteiger partial charge is 0.0656 e. The van der Waals surface area contributed by atoms with E-state index in [4.69, 9.17) is 0 Å². The van der Waals surface area contributed by atoms with Crippen molar-refractivity contribution in [2.75, 3.05) is 11.9 Å². The van der Waals surface area contributed by atoms with Crippen LogP contribution in [0.1, 0.15) is 19.4 Å². The molecule has 2 nitrogen and oxygen atoms in total. The van der Waals surface area contributed by atoms with Gasteiger partial charge in [-0.1, -0.05) is 29.8 Å². The normalized spacial score (nSPS) is 11.8. The molecular weight excluding hydrogens is 210 g/mol. The van der Waals surface area contributed by atoms with Gasteiger partial charge in [0.05, 0.1) is 12.1 Å². The van der Waals surface area contributed by atoms with Crippen LogP contribution in [0.2, 0.25) is 0 Å². The minimum Gasteiger partial charge on any atom is -0.394 e. The fourth-order valence-electron chi connectivity index (χ4n) is 1.87. The third-order valence-corrected chi connectivity index (χ3v) is 2.87. The molecule has 0 amide bonds. The summed E-state index contributed by atoms with van der Waals surface area (Å²) in [4.78, 5) is 0. The number of benzene rings is 2. The first-order valence-electron chi connectivity index (χ1n) is 5.90. The van der Waals surface area contributed by atoms with Crippen LogP contribution in [0.5, 0.6) is 0 Å². The molecule has 0 aliphatic heterocycles. The summed E-state index contributed by atoms with van der Waals surface area (Å²) >= 11 is 0.